The molecule has 0 saturated carbocycles. The molecule has 21 heavy (non-hydrogen) atoms. The van der Waals surface area contributed by atoms with Crippen molar-refractivity contribution in [3.8, 4) is 0 Å². The summed E-state index contributed by atoms with van der Waals surface area (Å²) in [6.45, 7) is 8.76. The van der Waals surface area contributed by atoms with Gasteiger partial charge >= 0.3 is 0 Å². The number of nitrogens with zero attached hydrogens (tertiary/aromatic N) is 3. The van der Waals surface area contributed by atoms with Gasteiger partial charge in [-0.15, -0.1) is 0 Å². The van der Waals surface area contributed by atoms with Gasteiger partial charge in [-0.05, 0) is 19.3 Å². The molecule has 2 aliphatic heterocycles. The van der Waals surface area contributed by atoms with Crippen molar-refractivity contribution in [1.82, 2.24) is 25.6 Å². The fraction of sp³-hybridized carbons (Fsp3) is 0.786. The molecule has 0 spiro atoms. The van der Waals surface area contributed by atoms with Gasteiger partial charge in [0.1, 0.15) is 0 Å². The van der Waals surface area contributed by atoms with E-state index in [1.165, 1.54) is 0 Å². The van der Waals surface area contributed by atoms with E-state index in [-0.39, 0.29) is 11.9 Å². The molecule has 1 amide bonds. The minimum Gasteiger partial charge on any atom is -0.375 e. The summed E-state index contributed by atoms with van der Waals surface area (Å²) in [6, 6.07) is 0.580. The first kappa shape index (κ1) is 14.5. The van der Waals surface area contributed by atoms with E-state index in [2.05, 4.69) is 39.5 Å². The molecule has 3 atom stereocenters. The van der Waals surface area contributed by atoms with Crippen LogP contribution < -0.4 is 5.32 Å². The average Bonchev–Trinajstić information content (AvgIpc) is 3.02. The van der Waals surface area contributed by atoms with Crippen LogP contribution in [0.5, 0.6) is 0 Å². The number of aromatic nitrogens is 3. The minimum absolute atomic E-state index is 0.146. The van der Waals surface area contributed by atoms with Gasteiger partial charge in [-0.3, -0.25) is 9.69 Å². The number of morpholine rings is 1. The molecule has 0 aliphatic carbocycles. The van der Waals surface area contributed by atoms with Crippen LogP contribution in [0.15, 0.2) is 0 Å². The number of aromatic amines is 1. The second kappa shape index (κ2) is 5.73. The molecule has 116 valence electrons. The molecular formula is C14H23N5O2. The number of ether oxygens (including phenoxy) is 1. The normalized spacial score (nSPS) is 29.6. The minimum atomic E-state index is -0.146. The van der Waals surface area contributed by atoms with Gasteiger partial charge in [0.05, 0.1) is 18.4 Å². The van der Waals surface area contributed by atoms with Crippen molar-refractivity contribution in [1.29, 1.82) is 0 Å². The predicted molar refractivity (Wildman–Crippen MR) is 76.9 cm³/mol. The Hall–Kier alpha value is -1.47. The fourth-order valence-electron chi connectivity index (χ4n) is 3.16. The van der Waals surface area contributed by atoms with Crippen molar-refractivity contribution in [2.45, 2.75) is 45.4 Å². The number of nitrogens with one attached hydrogen (secondary N) is 2. The van der Waals surface area contributed by atoms with Gasteiger partial charge in [0.15, 0.2) is 5.69 Å². The number of hydrogen-bond acceptors (Lipinski definition) is 5. The number of amides is 1. The van der Waals surface area contributed by atoms with E-state index in [1.807, 2.05) is 0 Å². The lowest BCUT2D eigenvalue weighted by Gasteiger charge is -2.36. The van der Waals surface area contributed by atoms with E-state index in [4.69, 9.17) is 4.74 Å². The van der Waals surface area contributed by atoms with Gasteiger partial charge in [-0.2, -0.15) is 15.4 Å². The van der Waals surface area contributed by atoms with Gasteiger partial charge in [-0.1, -0.05) is 13.8 Å². The Morgan fingerprint density at radius 1 is 1.43 bits per heavy atom. The summed E-state index contributed by atoms with van der Waals surface area (Å²) in [5, 5.41) is 13.3. The summed E-state index contributed by atoms with van der Waals surface area (Å²) in [5.74, 6) is 0.379. The molecule has 2 fully saturated rings. The van der Waals surface area contributed by atoms with Crippen molar-refractivity contribution in [3.05, 3.63) is 11.4 Å². The predicted octanol–water partition coefficient (Wildman–Crippen LogP) is 0.341. The second-order valence-corrected chi connectivity index (χ2v) is 6.39. The van der Waals surface area contributed by atoms with Gasteiger partial charge in [-0.25, -0.2) is 0 Å². The van der Waals surface area contributed by atoms with Crippen LogP contribution in [0.3, 0.4) is 0 Å². The lowest BCUT2D eigenvalue weighted by Crippen LogP contribution is -2.48. The molecule has 0 radical (unpaired) electrons. The average molecular weight is 293 g/mol. The Morgan fingerprint density at radius 3 is 2.90 bits per heavy atom. The number of rotatable bonds is 3. The van der Waals surface area contributed by atoms with Crippen molar-refractivity contribution in [3.63, 3.8) is 0 Å². The van der Waals surface area contributed by atoms with E-state index in [0.29, 0.717) is 29.5 Å². The van der Waals surface area contributed by atoms with E-state index in [1.54, 1.807) is 6.92 Å². The van der Waals surface area contributed by atoms with Crippen molar-refractivity contribution in [2.75, 3.05) is 19.7 Å². The van der Waals surface area contributed by atoms with Crippen LogP contribution in [0.25, 0.3) is 0 Å². The second-order valence-electron chi connectivity index (χ2n) is 6.39. The topological polar surface area (TPSA) is 83.1 Å². The van der Waals surface area contributed by atoms with Crippen LogP contribution in [0.4, 0.5) is 0 Å². The molecule has 7 nitrogen and oxygen atoms in total. The zero-order chi connectivity index (χ0) is 15.0. The lowest BCUT2D eigenvalue weighted by molar-refractivity contribution is -0.0683. The molecule has 2 N–H and O–H groups in total. The van der Waals surface area contributed by atoms with Gasteiger partial charge in [0, 0.05) is 25.2 Å². The number of carbonyl (C=O) groups excluding carboxylic acids is 1. The monoisotopic (exact) mass is 293 g/mol. The number of carbonyl (C=O) groups is 1. The maximum Gasteiger partial charge on any atom is 0.274 e. The fourth-order valence-corrected chi connectivity index (χ4v) is 3.16. The summed E-state index contributed by atoms with van der Waals surface area (Å²) >= 11 is 0. The van der Waals surface area contributed by atoms with Crippen LogP contribution >= 0.6 is 0 Å². The zero-order valence-corrected chi connectivity index (χ0v) is 12.8. The lowest BCUT2D eigenvalue weighted by atomic mass is 10.0. The molecule has 2 aliphatic rings. The maximum atomic E-state index is 12.2. The van der Waals surface area contributed by atoms with Crippen LogP contribution in [0.2, 0.25) is 0 Å². The molecular weight excluding hydrogens is 270 g/mol. The van der Waals surface area contributed by atoms with Gasteiger partial charge in [0.2, 0.25) is 0 Å². The number of fused-ring (bicyclic) bond motifs is 1. The van der Waals surface area contributed by atoms with Crippen LogP contribution in [-0.2, 0) is 4.74 Å². The van der Waals surface area contributed by atoms with E-state index in [0.717, 1.165) is 26.1 Å². The zero-order valence-electron chi connectivity index (χ0n) is 12.8. The van der Waals surface area contributed by atoms with Crippen molar-refractivity contribution < 1.29 is 9.53 Å². The van der Waals surface area contributed by atoms with E-state index < -0.39 is 0 Å². The Kier molecular flexibility index (Phi) is 3.95. The Bertz CT molecular complexity index is 515. The quantitative estimate of drug-likeness (QED) is 0.840. The summed E-state index contributed by atoms with van der Waals surface area (Å²) in [7, 11) is 0. The Morgan fingerprint density at radius 2 is 2.24 bits per heavy atom. The summed E-state index contributed by atoms with van der Waals surface area (Å²) in [6.07, 6.45) is 1.24. The third kappa shape index (κ3) is 2.94. The molecule has 0 aromatic carbocycles. The van der Waals surface area contributed by atoms with Gasteiger partial charge < -0.3 is 10.1 Å². The summed E-state index contributed by atoms with van der Waals surface area (Å²) in [5.41, 5.74) is 1.02. The SMILES string of the molecule is Cc1n[nH]nc1C(=O)N[C@@H]1C[C@H]2CO[C@@H](C(C)C)CN2C1. The third-order valence-corrected chi connectivity index (χ3v) is 4.46. The molecule has 3 heterocycles. The number of aryl methyl sites for hydroxylation is 1. The van der Waals surface area contributed by atoms with E-state index in [9.17, 15) is 4.79 Å². The molecule has 3 rings (SSSR count). The Labute approximate surface area is 124 Å². The van der Waals surface area contributed by atoms with Crippen LogP contribution in [0, 0.1) is 12.8 Å². The highest BCUT2D eigenvalue weighted by Crippen LogP contribution is 2.25. The molecule has 2 saturated heterocycles. The third-order valence-electron chi connectivity index (χ3n) is 4.46. The summed E-state index contributed by atoms with van der Waals surface area (Å²) in [4.78, 5) is 14.6. The molecule has 1 aromatic rings. The van der Waals surface area contributed by atoms with Crippen LogP contribution in [0.1, 0.15) is 36.5 Å². The first-order valence-electron chi connectivity index (χ1n) is 7.58. The van der Waals surface area contributed by atoms with Gasteiger partial charge in [0.25, 0.3) is 5.91 Å². The van der Waals surface area contributed by atoms with Crippen LogP contribution in [-0.4, -0.2) is 64.1 Å². The van der Waals surface area contributed by atoms with Crippen molar-refractivity contribution >= 4 is 5.91 Å². The van der Waals surface area contributed by atoms with E-state index >= 15 is 0 Å². The number of H-pyrrole nitrogens is 1. The number of hydrogen-bond donors (Lipinski definition) is 2. The molecule has 1 aromatic heterocycles. The largest absolute Gasteiger partial charge is 0.375 e. The highest BCUT2D eigenvalue weighted by Gasteiger charge is 2.38. The first-order valence-corrected chi connectivity index (χ1v) is 7.58. The highest BCUT2D eigenvalue weighted by atomic mass is 16.5. The smallest absolute Gasteiger partial charge is 0.274 e. The summed E-state index contributed by atoms with van der Waals surface area (Å²) < 4.78 is 5.92. The Balaban J connectivity index is 1.58. The van der Waals surface area contributed by atoms with Crippen molar-refractivity contribution in [2.24, 2.45) is 5.92 Å². The molecule has 0 unspecified atom stereocenters. The molecule has 0 bridgehead atoms. The standard InChI is InChI=1S/C14H23N5O2/c1-8(2)12-6-19-5-10(4-11(19)7-21-12)15-14(20)13-9(3)16-18-17-13/h8,10-12H,4-7H2,1-3H3,(H,15,20)(H,16,17,18)/t10-,11+,12-/m1/s1. The first-order chi connectivity index (χ1) is 10.0. The highest BCUT2D eigenvalue weighted by molar-refractivity contribution is 5.93. The maximum absolute atomic E-state index is 12.2. The molecule has 7 heteroatoms.